The largest absolute Gasteiger partial charge is 0.324 e. The van der Waals surface area contributed by atoms with Gasteiger partial charge in [0.2, 0.25) is 5.91 Å². The van der Waals surface area contributed by atoms with E-state index in [0.29, 0.717) is 17.8 Å². The van der Waals surface area contributed by atoms with Crippen LogP contribution in [0.1, 0.15) is 12.0 Å². The molecule has 0 aromatic heterocycles. The van der Waals surface area contributed by atoms with Crippen molar-refractivity contribution in [3.05, 3.63) is 33.9 Å². The van der Waals surface area contributed by atoms with Crippen molar-refractivity contribution >= 4 is 17.3 Å². The van der Waals surface area contributed by atoms with Crippen molar-refractivity contribution in [2.45, 2.75) is 13.3 Å². The highest BCUT2D eigenvalue weighted by molar-refractivity contribution is 5.93. The minimum Gasteiger partial charge on any atom is -0.324 e. The highest BCUT2D eigenvalue weighted by atomic mass is 16.6. The lowest BCUT2D eigenvalue weighted by atomic mass is 10.1. The SMILES string of the molecule is Cc1c(NC(=O)CN2CCCNCC2)cccc1[N+](=O)[O-]. The van der Waals surface area contributed by atoms with Gasteiger partial charge in [-0.25, -0.2) is 0 Å². The van der Waals surface area contributed by atoms with E-state index < -0.39 is 4.92 Å². The molecule has 21 heavy (non-hydrogen) atoms. The van der Waals surface area contributed by atoms with Gasteiger partial charge >= 0.3 is 0 Å². The molecule has 1 aliphatic heterocycles. The fourth-order valence-electron chi connectivity index (χ4n) is 2.41. The molecule has 0 atom stereocenters. The third kappa shape index (κ3) is 4.24. The van der Waals surface area contributed by atoms with Crippen LogP contribution in [0.2, 0.25) is 0 Å². The average molecular weight is 292 g/mol. The van der Waals surface area contributed by atoms with Gasteiger partial charge in [0, 0.05) is 19.2 Å². The van der Waals surface area contributed by atoms with Gasteiger partial charge in [-0.15, -0.1) is 0 Å². The van der Waals surface area contributed by atoms with Crippen LogP contribution in [-0.2, 0) is 4.79 Å². The van der Waals surface area contributed by atoms with Crippen molar-refractivity contribution in [3.63, 3.8) is 0 Å². The van der Waals surface area contributed by atoms with Crippen molar-refractivity contribution in [1.82, 2.24) is 10.2 Å². The molecule has 0 unspecified atom stereocenters. The van der Waals surface area contributed by atoms with Crippen LogP contribution in [0.3, 0.4) is 0 Å². The maximum absolute atomic E-state index is 12.1. The second kappa shape index (κ2) is 7.14. The molecule has 2 N–H and O–H groups in total. The second-order valence-corrected chi connectivity index (χ2v) is 5.13. The topological polar surface area (TPSA) is 87.5 Å². The van der Waals surface area contributed by atoms with E-state index in [2.05, 4.69) is 15.5 Å². The molecule has 0 aliphatic carbocycles. The molecule has 7 heteroatoms. The summed E-state index contributed by atoms with van der Waals surface area (Å²) < 4.78 is 0. The Balaban J connectivity index is 1.99. The Morgan fingerprint density at radius 2 is 2.24 bits per heavy atom. The summed E-state index contributed by atoms with van der Waals surface area (Å²) in [5, 5.41) is 16.9. The molecule has 0 saturated carbocycles. The normalized spacial score (nSPS) is 16.2. The van der Waals surface area contributed by atoms with Gasteiger partial charge in [-0.1, -0.05) is 6.07 Å². The summed E-state index contributed by atoms with van der Waals surface area (Å²) in [6, 6.07) is 4.70. The number of nitrogens with zero attached hydrogens (tertiary/aromatic N) is 2. The van der Waals surface area contributed by atoms with E-state index in [1.807, 2.05) is 0 Å². The average Bonchev–Trinajstić information content (AvgIpc) is 2.69. The summed E-state index contributed by atoms with van der Waals surface area (Å²) in [6.07, 6.45) is 1.02. The van der Waals surface area contributed by atoms with Gasteiger partial charge in [0.05, 0.1) is 22.7 Å². The maximum Gasteiger partial charge on any atom is 0.274 e. The molecule has 1 aliphatic rings. The molecule has 0 bridgehead atoms. The number of nitro benzene ring substituents is 1. The van der Waals surface area contributed by atoms with Gasteiger partial charge in [0.1, 0.15) is 0 Å². The Kier molecular flexibility index (Phi) is 5.24. The monoisotopic (exact) mass is 292 g/mol. The summed E-state index contributed by atoms with van der Waals surface area (Å²) in [5.74, 6) is -0.138. The minimum absolute atomic E-state index is 0.0202. The van der Waals surface area contributed by atoms with Crippen LogP contribution in [0.15, 0.2) is 18.2 Å². The van der Waals surface area contributed by atoms with E-state index in [-0.39, 0.29) is 11.6 Å². The Morgan fingerprint density at radius 1 is 1.43 bits per heavy atom. The van der Waals surface area contributed by atoms with Gasteiger partial charge in [-0.3, -0.25) is 19.8 Å². The van der Waals surface area contributed by atoms with Gasteiger partial charge in [-0.2, -0.15) is 0 Å². The summed E-state index contributed by atoms with van der Waals surface area (Å²) in [7, 11) is 0. The Bertz CT molecular complexity index is 525. The third-order valence-electron chi connectivity index (χ3n) is 3.58. The van der Waals surface area contributed by atoms with E-state index in [1.165, 1.54) is 6.07 Å². The van der Waals surface area contributed by atoms with E-state index in [0.717, 1.165) is 32.6 Å². The summed E-state index contributed by atoms with van der Waals surface area (Å²) in [5.41, 5.74) is 1.00. The van der Waals surface area contributed by atoms with Crippen molar-refractivity contribution in [3.8, 4) is 0 Å². The highest BCUT2D eigenvalue weighted by Gasteiger charge is 2.17. The van der Waals surface area contributed by atoms with Crippen LogP contribution >= 0.6 is 0 Å². The summed E-state index contributed by atoms with van der Waals surface area (Å²) >= 11 is 0. The van der Waals surface area contributed by atoms with Crippen molar-refractivity contribution in [1.29, 1.82) is 0 Å². The molecule has 1 heterocycles. The standard InChI is InChI=1S/C14H20N4O3/c1-11-12(4-2-5-13(11)18(20)21)16-14(19)10-17-8-3-6-15-7-9-17/h2,4-5,15H,3,6-10H2,1H3,(H,16,19). The smallest absolute Gasteiger partial charge is 0.274 e. The van der Waals surface area contributed by atoms with Crippen LogP contribution in [0.5, 0.6) is 0 Å². The second-order valence-electron chi connectivity index (χ2n) is 5.13. The molecule has 1 aromatic carbocycles. The van der Waals surface area contributed by atoms with Crippen molar-refractivity contribution < 1.29 is 9.72 Å². The molecular formula is C14H20N4O3. The summed E-state index contributed by atoms with van der Waals surface area (Å²) in [4.78, 5) is 24.6. The molecule has 1 fully saturated rings. The van der Waals surface area contributed by atoms with Crippen LogP contribution in [-0.4, -0.2) is 48.5 Å². The molecule has 0 radical (unpaired) electrons. The third-order valence-corrected chi connectivity index (χ3v) is 3.58. The number of amides is 1. The zero-order valence-electron chi connectivity index (χ0n) is 12.1. The maximum atomic E-state index is 12.1. The lowest BCUT2D eigenvalue weighted by molar-refractivity contribution is -0.385. The zero-order chi connectivity index (χ0) is 15.2. The Labute approximate surface area is 123 Å². The number of hydrogen-bond donors (Lipinski definition) is 2. The first kappa shape index (κ1) is 15.4. The molecule has 0 spiro atoms. The molecule has 2 rings (SSSR count). The number of nitro groups is 1. The number of benzene rings is 1. The number of rotatable bonds is 4. The minimum atomic E-state index is -0.439. The quantitative estimate of drug-likeness (QED) is 0.642. The number of hydrogen-bond acceptors (Lipinski definition) is 5. The van der Waals surface area contributed by atoms with Crippen LogP contribution < -0.4 is 10.6 Å². The first-order chi connectivity index (χ1) is 10.1. The molecule has 114 valence electrons. The number of carbonyl (C=O) groups excluding carboxylic acids is 1. The van der Waals surface area contributed by atoms with E-state index >= 15 is 0 Å². The highest BCUT2D eigenvalue weighted by Crippen LogP contribution is 2.24. The van der Waals surface area contributed by atoms with E-state index in [4.69, 9.17) is 0 Å². The lowest BCUT2D eigenvalue weighted by Crippen LogP contribution is -2.35. The molecule has 7 nitrogen and oxygen atoms in total. The number of carbonyl (C=O) groups is 1. The van der Waals surface area contributed by atoms with Gasteiger partial charge < -0.3 is 10.6 Å². The van der Waals surface area contributed by atoms with Gasteiger partial charge in [0.25, 0.3) is 5.69 Å². The zero-order valence-corrected chi connectivity index (χ0v) is 12.1. The van der Waals surface area contributed by atoms with Crippen LogP contribution in [0.25, 0.3) is 0 Å². The van der Waals surface area contributed by atoms with E-state index in [9.17, 15) is 14.9 Å². The van der Waals surface area contributed by atoms with E-state index in [1.54, 1.807) is 19.1 Å². The fraction of sp³-hybridized carbons (Fsp3) is 0.500. The predicted octanol–water partition coefficient (Wildman–Crippen LogP) is 1.14. The fourth-order valence-corrected chi connectivity index (χ4v) is 2.41. The lowest BCUT2D eigenvalue weighted by Gasteiger charge is -2.19. The Morgan fingerprint density at radius 3 is 3.00 bits per heavy atom. The van der Waals surface area contributed by atoms with Gasteiger partial charge in [0.15, 0.2) is 0 Å². The predicted molar refractivity (Wildman–Crippen MR) is 80.4 cm³/mol. The first-order valence-electron chi connectivity index (χ1n) is 7.05. The van der Waals surface area contributed by atoms with Crippen LogP contribution in [0.4, 0.5) is 11.4 Å². The summed E-state index contributed by atoms with van der Waals surface area (Å²) in [6.45, 7) is 5.52. The molecule has 1 saturated heterocycles. The van der Waals surface area contributed by atoms with Crippen LogP contribution in [0, 0.1) is 17.0 Å². The van der Waals surface area contributed by atoms with Gasteiger partial charge in [-0.05, 0) is 32.5 Å². The van der Waals surface area contributed by atoms with Crippen molar-refractivity contribution in [2.24, 2.45) is 0 Å². The first-order valence-corrected chi connectivity index (χ1v) is 7.05. The molecule has 1 amide bonds. The number of nitrogens with one attached hydrogen (secondary N) is 2. The Hall–Kier alpha value is -1.99. The number of anilines is 1. The molecular weight excluding hydrogens is 272 g/mol. The van der Waals surface area contributed by atoms with Crippen molar-refractivity contribution in [2.75, 3.05) is 38.0 Å². The molecule has 1 aromatic rings.